The molecule has 12 saturated carbocycles. The molecule has 0 aromatic carbocycles. The third kappa shape index (κ3) is 4.93. The Hall–Kier alpha value is -1.63. The van der Waals surface area contributed by atoms with Gasteiger partial charge in [-0.1, -0.05) is 0 Å². The lowest BCUT2D eigenvalue weighted by Gasteiger charge is -2.55. The first-order valence-electron chi connectivity index (χ1n) is 18.8. The zero-order valence-corrected chi connectivity index (χ0v) is 27.1. The minimum absolute atomic E-state index is 0.0909. The van der Waals surface area contributed by atoms with Crippen molar-refractivity contribution < 1.29 is 33.7 Å². The van der Waals surface area contributed by atoms with Crippen LogP contribution in [0.3, 0.4) is 0 Å². The molecule has 7 heteroatoms. The SMILES string of the molecule is O=C(OCC(CO)(COC(=O)C12CC3CC(CC(C3)C1)C2)COC(=O)C12CC3CC(CC(C3)C1)C2)C12CC3CC(CC(C3)C1)C2. The van der Waals surface area contributed by atoms with Crippen LogP contribution < -0.4 is 0 Å². The van der Waals surface area contributed by atoms with Crippen molar-refractivity contribution in [1.29, 1.82) is 0 Å². The van der Waals surface area contributed by atoms with Gasteiger partial charge in [0.1, 0.15) is 19.8 Å². The van der Waals surface area contributed by atoms with E-state index in [1.54, 1.807) is 0 Å². The van der Waals surface area contributed by atoms with Crippen molar-refractivity contribution in [2.75, 3.05) is 26.4 Å². The van der Waals surface area contributed by atoms with Crippen LogP contribution in [0.5, 0.6) is 0 Å². The minimum atomic E-state index is -1.16. The molecule has 0 aromatic heterocycles. The molecule has 1 N–H and O–H groups in total. The van der Waals surface area contributed by atoms with Crippen LogP contribution in [-0.4, -0.2) is 49.4 Å². The number of carbonyl (C=O) groups excluding carboxylic acids is 3. The van der Waals surface area contributed by atoms with E-state index in [1.165, 1.54) is 57.8 Å². The summed E-state index contributed by atoms with van der Waals surface area (Å²) in [6.07, 6.45) is 19.4. The molecule has 0 spiro atoms. The maximum atomic E-state index is 13.9. The van der Waals surface area contributed by atoms with Gasteiger partial charge in [-0.25, -0.2) is 0 Å². The van der Waals surface area contributed by atoms with E-state index < -0.39 is 21.7 Å². The molecule has 0 unspecified atom stereocenters. The van der Waals surface area contributed by atoms with Crippen molar-refractivity contribution in [1.82, 2.24) is 0 Å². The van der Waals surface area contributed by atoms with Gasteiger partial charge in [-0.05, 0) is 169 Å². The molecule has 12 aliphatic carbocycles. The molecular formula is C38H54O7. The quantitative estimate of drug-likeness (QED) is 0.227. The maximum Gasteiger partial charge on any atom is 0.312 e. The zero-order chi connectivity index (χ0) is 30.6. The van der Waals surface area contributed by atoms with Crippen LogP contribution in [0.4, 0.5) is 0 Å². The summed E-state index contributed by atoms with van der Waals surface area (Å²) >= 11 is 0. The number of hydrogen-bond acceptors (Lipinski definition) is 7. The van der Waals surface area contributed by atoms with E-state index in [2.05, 4.69) is 0 Å². The van der Waals surface area contributed by atoms with Crippen LogP contribution >= 0.6 is 0 Å². The predicted octanol–water partition coefficient (Wildman–Crippen LogP) is 6.24. The lowest BCUT2D eigenvalue weighted by Crippen LogP contribution is -2.53. The molecule has 0 saturated heterocycles. The van der Waals surface area contributed by atoms with Crippen LogP contribution in [0, 0.1) is 74.9 Å². The van der Waals surface area contributed by atoms with Crippen LogP contribution in [0.1, 0.15) is 116 Å². The Morgan fingerprint density at radius 3 is 0.822 bits per heavy atom. The summed E-state index contributed by atoms with van der Waals surface area (Å²) in [5, 5.41) is 10.9. The largest absolute Gasteiger partial charge is 0.464 e. The molecule has 12 bridgehead atoms. The molecule has 0 atom stereocenters. The van der Waals surface area contributed by atoms with Crippen molar-refractivity contribution in [3.05, 3.63) is 0 Å². The van der Waals surface area contributed by atoms with Crippen molar-refractivity contribution in [2.24, 2.45) is 74.9 Å². The Labute approximate surface area is 268 Å². The van der Waals surface area contributed by atoms with Gasteiger partial charge in [-0.15, -0.1) is 0 Å². The van der Waals surface area contributed by atoms with E-state index in [0.717, 1.165) is 57.8 Å². The third-order valence-corrected chi connectivity index (χ3v) is 15.3. The molecule has 45 heavy (non-hydrogen) atoms. The molecular weight excluding hydrogens is 568 g/mol. The second-order valence-electron chi connectivity index (χ2n) is 19.0. The molecule has 12 fully saturated rings. The first-order chi connectivity index (χ1) is 21.6. The number of ether oxygens (including phenoxy) is 3. The summed E-state index contributed by atoms with van der Waals surface area (Å²) in [5.41, 5.74) is -2.40. The molecule has 0 aromatic rings. The van der Waals surface area contributed by atoms with Crippen LogP contribution in [0.15, 0.2) is 0 Å². The second kappa shape index (κ2) is 10.4. The fraction of sp³-hybridized carbons (Fsp3) is 0.921. The van der Waals surface area contributed by atoms with Gasteiger partial charge >= 0.3 is 17.9 Å². The van der Waals surface area contributed by atoms with Crippen molar-refractivity contribution in [3.8, 4) is 0 Å². The summed E-state index contributed by atoms with van der Waals surface area (Å²) in [7, 11) is 0. The van der Waals surface area contributed by atoms with Crippen molar-refractivity contribution in [3.63, 3.8) is 0 Å². The van der Waals surface area contributed by atoms with Crippen LogP contribution in [0.2, 0.25) is 0 Å². The summed E-state index contributed by atoms with van der Waals surface area (Å²) < 4.78 is 18.5. The number of esters is 3. The summed E-state index contributed by atoms with van der Waals surface area (Å²) in [5.74, 6) is 5.11. The van der Waals surface area contributed by atoms with Gasteiger partial charge in [0.2, 0.25) is 0 Å². The van der Waals surface area contributed by atoms with Gasteiger partial charge in [0, 0.05) is 0 Å². The fourth-order valence-corrected chi connectivity index (χ4v) is 14.5. The molecule has 0 radical (unpaired) electrons. The smallest absolute Gasteiger partial charge is 0.312 e. The first-order valence-corrected chi connectivity index (χ1v) is 18.8. The molecule has 0 heterocycles. The zero-order valence-electron chi connectivity index (χ0n) is 27.1. The highest BCUT2D eigenvalue weighted by Crippen LogP contribution is 2.63. The van der Waals surface area contributed by atoms with Crippen molar-refractivity contribution in [2.45, 2.75) is 116 Å². The highest BCUT2D eigenvalue weighted by atomic mass is 16.6. The lowest BCUT2D eigenvalue weighted by molar-refractivity contribution is -0.192. The number of hydrogen-bond donors (Lipinski definition) is 1. The van der Waals surface area contributed by atoms with Gasteiger partial charge < -0.3 is 19.3 Å². The van der Waals surface area contributed by atoms with Gasteiger partial charge in [0.15, 0.2) is 0 Å². The van der Waals surface area contributed by atoms with Crippen LogP contribution in [-0.2, 0) is 28.6 Å². The number of aliphatic hydroxyl groups excluding tert-OH is 1. The van der Waals surface area contributed by atoms with Gasteiger partial charge in [0.25, 0.3) is 0 Å². The third-order valence-electron chi connectivity index (χ3n) is 15.3. The van der Waals surface area contributed by atoms with Crippen LogP contribution in [0.25, 0.3) is 0 Å². The van der Waals surface area contributed by atoms with E-state index in [4.69, 9.17) is 14.2 Å². The van der Waals surface area contributed by atoms with Gasteiger partial charge in [0.05, 0.1) is 28.3 Å². The molecule has 7 nitrogen and oxygen atoms in total. The Bertz CT molecular complexity index is 983. The van der Waals surface area contributed by atoms with E-state index in [-0.39, 0.29) is 44.3 Å². The normalized spacial score (nSPS) is 49.1. The first kappa shape index (κ1) is 29.5. The summed E-state index contributed by atoms with van der Waals surface area (Å²) in [6, 6.07) is 0. The molecule has 248 valence electrons. The Morgan fingerprint density at radius 2 is 0.644 bits per heavy atom. The van der Waals surface area contributed by atoms with Crippen molar-refractivity contribution >= 4 is 17.9 Å². The Morgan fingerprint density at radius 1 is 0.444 bits per heavy atom. The van der Waals surface area contributed by atoms with E-state index in [1.807, 2.05) is 0 Å². The minimum Gasteiger partial charge on any atom is -0.464 e. The van der Waals surface area contributed by atoms with E-state index in [0.29, 0.717) is 53.3 Å². The monoisotopic (exact) mass is 622 g/mol. The lowest BCUT2D eigenvalue weighted by atomic mass is 9.49. The second-order valence-corrected chi connectivity index (χ2v) is 19.0. The number of rotatable bonds is 10. The summed E-state index contributed by atoms with van der Waals surface area (Å²) in [6.45, 7) is -0.644. The topological polar surface area (TPSA) is 99.1 Å². The molecule has 0 amide bonds. The van der Waals surface area contributed by atoms with E-state index in [9.17, 15) is 19.5 Å². The number of carbonyl (C=O) groups is 3. The average Bonchev–Trinajstić information content (AvgIpc) is 2.98. The molecule has 0 aliphatic heterocycles. The highest BCUT2D eigenvalue weighted by Gasteiger charge is 2.59. The average molecular weight is 623 g/mol. The highest BCUT2D eigenvalue weighted by molar-refractivity contribution is 5.79. The Balaban J connectivity index is 0.916. The Kier molecular flexibility index (Phi) is 6.84. The fourth-order valence-electron chi connectivity index (χ4n) is 14.5. The van der Waals surface area contributed by atoms with E-state index >= 15 is 0 Å². The van der Waals surface area contributed by atoms with Gasteiger partial charge in [-0.3, -0.25) is 14.4 Å². The molecule has 12 aliphatic rings. The number of aliphatic hydroxyl groups is 1. The standard InChI is InChI=1S/C38H54O7/c39-19-35(20-43-32(40)36-10-23-1-24(11-36)3-25(2-23)12-36,21-44-33(41)37-13-26-4-27(14-37)6-28(5-26)15-37)22-45-34(42)38-16-29-7-30(17-38)9-31(8-29)18-38/h23-31,39H,1-22H2. The maximum absolute atomic E-state index is 13.9. The summed E-state index contributed by atoms with van der Waals surface area (Å²) in [4.78, 5) is 41.6. The van der Waals surface area contributed by atoms with Gasteiger partial charge in [-0.2, -0.15) is 0 Å². The molecule has 12 rings (SSSR count). The predicted molar refractivity (Wildman–Crippen MR) is 164 cm³/mol.